The van der Waals surface area contributed by atoms with Gasteiger partial charge in [-0.3, -0.25) is 4.79 Å². The van der Waals surface area contributed by atoms with E-state index < -0.39 is 0 Å². The number of hydrogen-bond donors (Lipinski definition) is 1. The number of Topliss-reactive ketones (excluding diaryl/α,β-unsaturated/α-hetero) is 1. The average Bonchev–Trinajstić information content (AvgIpc) is 2.56. The molecule has 2 nitrogen and oxygen atoms in total. The molecule has 21 heavy (non-hydrogen) atoms. The van der Waals surface area contributed by atoms with Gasteiger partial charge in [0.2, 0.25) is 0 Å². The summed E-state index contributed by atoms with van der Waals surface area (Å²) in [6, 6.07) is 8.73. The van der Waals surface area contributed by atoms with Crippen LogP contribution in [0.4, 0.5) is 0 Å². The van der Waals surface area contributed by atoms with Crippen LogP contribution in [0.25, 0.3) is 0 Å². The van der Waals surface area contributed by atoms with Gasteiger partial charge in [0.15, 0.2) is 0 Å². The zero-order valence-electron chi connectivity index (χ0n) is 13.2. The first-order chi connectivity index (χ1) is 10.2. The van der Waals surface area contributed by atoms with Gasteiger partial charge in [-0.05, 0) is 62.1 Å². The van der Waals surface area contributed by atoms with Crippen LogP contribution in [0.15, 0.2) is 24.3 Å². The summed E-state index contributed by atoms with van der Waals surface area (Å²) in [5, 5.41) is 3.44. The van der Waals surface area contributed by atoms with Crippen molar-refractivity contribution in [3.8, 4) is 0 Å². The van der Waals surface area contributed by atoms with Crippen LogP contribution in [0, 0.1) is 5.41 Å². The van der Waals surface area contributed by atoms with Gasteiger partial charge >= 0.3 is 0 Å². The van der Waals surface area contributed by atoms with Gasteiger partial charge in [-0.25, -0.2) is 0 Å². The van der Waals surface area contributed by atoms with Crippen molar-refractivity contribution >= 4 is 5.78 Å². The van der Waals surface area contributed by atoms with Crippen molar-refractivity contribution in [1.82, 2.24) is 5.32 Å². The van der Waals surface area contributed by atoms with Gasteiger partial charge in [0, 0.05) is 18.4 Å². The topological polar surface area (TPSA) is 29.1 Å². The minimum absolute atomic E-state index is 0.0926. The first kappa shape index (κ1) is 14.8. The van der Waals surface area contributed by atoms with E-state index in [1.165, 1.54) is 30.4 Å². The Balaban J connectivity index is 1.76. The van der Waals surface area contributed by atoms with Gasteiger partial charge in [0.05, 0.1) is 0 Å². The number of carbonyl (C=O) groups excluding carboxylic acids is 1. The highest BCUT2D eigenvalue weighted by Gasteiger charge is 2.38. The second-order valence-corrected chi connectivity index (χ2v) is 6.83. The van der Waals surface area contributed by atoms with Gasteiger partial charge < -0.3 is 5.32 Å². The molecule has 0 spiro atoms. The molecule has 1 N–H and O–H groups in total. The summed E-state index contributed by atoms with van der Waals surface area (Å²) in [4.78, 5) is 13.0. The van der Waals surface area contributed by atoms with Crippen LogP contribution >= 0.6 is 0 Å². The van der Waals surface area contributed by atoms with Crippen molar-refractivity contribution in [2.24, 2.45) is 5.41 Å². The molecule has 1 aromatic carbocycles. The largest absolute Gasteiger partial charge is 0.316 e. The molecule has 0 bridgehead atoms. The van der Waals surface area contributed by atoms with E-state index in [2.05, 4.69) is 36.5 Å². The number of piperidine rings is 1. The highest BCUT2D eigenvalue weighted by molar-refractivity contribution is 5.86. The number of benzene rings is 1. The summed E-state index contributed by atoms with van der Waals surface area (Å²) in [5.41, 5.74) is 2.81. The molecule has 3 rings (SSSR count). The van der Waals surface area contributed by atoms with Crippen molar-refractivity contribution in [2.45, 2.75) is 57.8 Å². The highest BCUT2D eigenvalue weighted by Crippen LogP contribution is 2.39. The minimum atomic E-state index is -0.0926. The van der Waals surface area contributed by atoms with E-state index in [1.54, 1.807) is 0 Å². The van der Waals surface area contributed by atoms with Crippen molar-refractivity contribution in [3.05, 3.63) is 35.4 Å². The molecular weight excluding hydrogens is 258 g/mol. The predicted octanol–water partition coefficient (Wildman–Crippen LogP) is 3.85. The Bertz CT molecular complexity index is 502. The summed E-state index contributed by atoms with van der Waals surface area (Å²) in [5.74, 6) is 0.951. The molecule has 2 heteroatoms. The van der Waals surface area contributed by atoms with Crippen LogP contribution in [0.1, 0.15) is 62.5 Å². The molecule has 1 aromatic rings. The monoisotopic (exact) mass is 285 g/mol. The second-order valence-electron chi connectivity index (χ2n) is 6.83. The number of hydrogen-bond acceptors (Lipinski definition) is 2. The van der Waals surface area contributed by atoms with Crippen molar-refractivity contribution < 1.29 is 4.79 Å². The maximum absolute atomic E-state index is 13.0. The van der Waals surface area contributed by atoms with E-state index in [4.69, 9.17) is 0 Å². The van der Waals surface area contributed by atoms with Crippen LogP contribution < -0.4 is 5.32 Å². The van der Waals surface area contributed by atoms with Gasteiger partial charge in [0.1, 0.15) is 5.78 Å². The average molecular weight is 285 g/mol. The van der Waals surface area contributed by atoms with E-state index >= 15 is 0 Å². The summed E-state index contributed by atoms with van der Waals surface area (Å²) in [7, 11) is 0. The molecule has 1 fully saturated rings. The summed E-state index contributed by atoms with van der Waals surface area (Å²) < 4.78 is 0. The number of fused-ring (bicyclic) bond motifs is 1. The van der Waals surface area contributed by atoms with Crippen LogP contribution in [0.2, 0.25) is 0 Å². The quantitative estimate of drug-likeness (QED) is 0.910. The van der Waals surface area contributed by atoms with Crippen molar-refractivity contribution in [1.29, 1.82) is 0 Å². The summed E-state index contributed by atoms with van der Waals surface area (Å²) in [6.07, 6.45) is 7.52. The Kier molecular flexibility index (Phi) is 4.44. The van der Waals surface area contributed by atoms with Gasteiger partial charge in [-0.15, -0.1) is 0 Å². The molecule has 2 aliphatic rings. The molecule has 0 radical (unpaired) electrons. The normalized spacial score (nSPS) is 28.9. The summed E-state index contributed by atoms with van der Waals surface area (Å²) >= 11 is 0. The first-order valence-electron chi connectivity index (χ1n) is 8.57. The first-order valence-corrected chi connectivity index (χ1v) is 8.57. The van der Waals surface area contributed by atoms with Crippen LogP contribution in [-0.2, 0) is 11.2 Å². The predicted molar refractivity (Wildman–Crippen MR) is 86.6 cm³/mol. The van der Waals surface area contributed by atoms with E-state index in [0.29, 0.717) is 11.7 Å². The SMILES string of the molecule is CCC1(C(=O)CC2CCCc3ccccc32)CCCNC1. The molecule has 0 saturated carbocycles. The summed E-state index contributed by atoms with van der Waals surface area (Å²) in [6.45, 7) is 4.14. The Hall–Kier alpha value is -1.15. The van der Waals surface area contributed by atoms with Crippen molar-refractivity contribution in [3.63, 3.8) is 0 Å². The molecular formula is C19H27NO. The second kappa shape index (κ2) is 6.31. The molecule has 0 aromatic heterocycles. The van der Waals surface area contributed by atoms with Crippen LogP contribution in [0.3, 0.4) is 0 Å². The Labute approximate surface area is 128 Å². The van der Waals surface area contributed by atoms with Gasteiger partial charge in [0.25, 0.3) is 0 Å². The Morgan fingerprint density at radius 1 is 1.33 bits per heavy atom. The maximum Gasteiger partial charge on any atom is 0.140 e. The third kappa shape index (κ3) is 2.91. The minimum Gasteiger partial charge on any atom is -0.316 e. The molecule has 0 amide bonds. The van der Waals surface area contributed by atoms with E-state index in [1.807, 2.05) is 0 Å². The Morgan fingerprint density at radius 2 is 2.19 bits per heavy atom. The number of nitrogens with one attached hydrogen (secondary N) is 1. The van der Waals surface area contributed by atoms with Crippen molar-refractivity contribution in [2.75, 3.05) is 13.1 Å². The lowest BCUT2D eigenvalue weighted by atomic mass is 9.70. The van der Waals surface area contributed by atoms with E-state index in [0.717, 1.165) is 38.8 Å². The lowest BCUT2D eigenvalue weighted by Crippen LogP contribution is -2.45. The number of ketones is 1. The molecule has 2 unspecified atom stereocenters. The molecule has 2 atom stereocenters. The zero-order valence-corrected chi connectivity index (χ0v) is 13.2. The van der Waals surface area contributed by atoms with E-state index in [-0.39, 0.29) is 5.41 Å². The van der Waals surface area contributed by atoms with E-state index in [9.17, 15) is 4.79 Å². The fraction of sp³-hybridized carbons (Fsp3) is 0.632. The molecule has 1 heterocycles. The molecule has 114 valence electrons. The number of rotatable bonds is 4. The van der Waals surface area contributed by atoms with Crippen LogP contribution in [-0.4, -0.2) is 18.9 Å². The fourth-order valence-electron chi connectivity index (χ4n) is 4.21. The third-order valence-corrected chi connectivity index (χ3v) is 5.67. The smallest absolute Gasteiger partial charge is 0.140 e. The van der Waals surface area contributed by atoms with Gasteiger partial charge in [-0.2, -0.15) is 0 Å². The molecule has 1 aliphatic carbocycles. The lowest BCUT2D eigenvalue weighted by molar-refractivity contribution is -0.130. The standard InChI is InChI=1S/C19H27NO/c1-2-19(11-6-12-20-14-19)18(21)13-16-9-5-8-15-7-3-4-10-17(15)16/h3-4,7,10,16,20H,2,5-6,8-9,11-14H2,1H3. The zero-order chi connectivity index (χ0) is 14.7. The van der Waals surface area contributed by atoms with Crippen LogP contribution in [0.5, 0.6) is 0 Å². The van der Waals surface area contributed by atoms with Gasteiger partial charge in [-0.1, -0.05) is 31.2 Å². The fourth-order valence-corrected chi connectivity index (χ4v) is 4.21. The lowest BCUT2D eigenvalue weighted by Gasteiger charge is -2.37. The Morgan fingerprint density at radius 3 is 2.95 bits per heavy atom. The molecule has 1 saturated heterocycles. The maximum atomic E-state index is 13.0. The molecule has 1 aliphatic heterocycles. The highest BCUT2D eigenvalue weighted by atomic mass is 16.1. The number of carbonyl (C=O) groups is 1. The third-order valence-electron chi connectivity index (χ3n) is 5.67. The number of aryl methyl sites for hydroxylation is 1.